The molecular formula is C14H17NO4. The van der Waals surface area contributed by atoms with Crippen LogP contribution in [-0.4, -0.2) is 43.3 Å². The van der Waals surface area contributed by atoms with Crippen molar-refractivity contribution in [3.05, 3.63) is 23.8 Å². The van der Waals surface area contributed by atoms with Crippen LogP contribution in [0.3, 0.4) is 0 Å². The number of carbonyl (C=O) groups is 1. The Morgan fingerprint density at radius 1 is 1.42 bits per heavy atom. The van der Waals surface area contributed by atoms with E-state index in [1.807, 2.05) is 6.07 Å². The molecule has 0 spiro atoms. The predicted octanol–water partition coefficient (Wildman–Crippen LogP) is 1.22. The van der Waals surface area contributed by atoms with Crippen molar-refractivity contribution < 1.29 is 19.4 Å². The van der Waals surface area contributed by atoms with Crippen molar-refractivity contribution in [3.63, 3.8) is 0 Å². The van der Waals surface area contributed by atoms with Crippen molar-refractivity contribution in [1.82, 2.24) is 4.90 Å². The first-order chi connectivity index (χ1) is 9.10. The van der Waals surface area contributed by atoms with Gasteiger partial charge in [0.25, 0.3) is 0 Å². The van der Waals surface area contributed by atoms with Crippen LogP contribution in [0.1, 0.15) is 5.56 Å². The lowest BCUT2D eigenvalue weighted by Gasteiger charge is -2.19. The van der Waals surface area contributed by atoms with Gasteiger partial charge in [0.05, 0.1) is 27.3 Å². The molecule has 0 aliphatic heterocycles. The van der Waals surface area contributed by atoms with E-state index < -0.39 is 5.97 Å². The summed E-state index contributed by atoms with van der Waals surface area (Å²) in [5, 5.41) is 8.84. The fourth-order valence-corrected chi connectivity index (χ4v) is 1.71. The average molecular weight is 263 g/mol. The molecule has 0 aliphatic carbocycles. The molecule has 1 aromatic rings. The van der Waals surface area contributed by atoms with Gasteiger partial charge in [-0.3, -0.25) is 9.69 Å². The summed E-state index contributed by atoms with van der Waals surface area (Å²) in [4.78, 5) is 12.4. The number of hydrogen-bond donors (Lipinski definition) is 1. The van der Waals surface area contributed by atoms with Gasteiger partial charge in [-0.25, -0.2) is 0 Å². The summed E-state index contributed by atoms with van der Waals surface area (Å²) >= 11 is 0. The van der Waals surface area contributed by atoms with E-state index in [-0.39, 0.29) is 13.1 Å². The summed E-state index contributed by atoms with van der Waals surface area (Å²) in [6.45, 7) is 0.560. The van der Waals surface area contributed by atoms with Crippen molar-refractivity contribution in [2.24, 2.45) is 0 Å². The highest BCUT2D eigenvalue weighted by molar-refractivity contribution is 5.69. The molecule has 1 rings (SSSR count). The molecule has 0 unspecified atom stereocenters. The highest BCUT2D eigenvalue weighted by atomic mass is 16.5. The fraction of sp³-hybridized carbons (Fsp3) is 0.357. The van der Waals surface area contributed by atoms with E-state index in [1.54, 1.807) is 31.3 Å². The van der Waals surface area contributed by atoms with Crippen LogP contribution < -0.4 is 9.47 Å². The number of hydrogen-bond acceptors (Lipinski definition) is 4. The summed E-state index contributed by atoms with van der Waals surface area (Å²) in [5.41, 5.74) is 0.861. The van der Waals surface area contributed by atoms with Crippen LogP contribution >= 0.6 is 0 Å². The van der Waals surface area contributed by atoms with Gasteiger partial charge in [0.15, 0.2) is 0 Å². The molecule has 0 heterocycles. The smallest absolute Gasteiger partial charge is 0.317 e. The first-order valence-corrected chi connectivity index (χ1v) is 5.69. The molecule has 1 N–H and O–H groups in total. The lowest BCUT2D eigenvalue weighted by Crippen LogP contribution is -2.29. The molecule has 19 heavy (non-hydrogen) atoms. The molecular weight excluding hydrogens is 246 g/mol. The van der Waals surface area contributed by atoms with Gasteiger partial charge >= 0.3 is 5.97 Å². The van der Waals surface area contributed by atoms with E-state index in [4.69, 9.17) is 21.0 Å². The van der Waals surface area contributed by atoms with E-state index in [0.29, 0.717) is 18.0 Å². The summed E-state index contributed by atoms with van der Waals surface area (Å²) in [7, 11) is 3.13. The monoisotopic (exact) mass is 263 g/mol. The lowest BCUT2D eigenvalue weighted by atomic mass is 10.1. The maximum atomic E-state index is 10.8. The number of nitrogens with zero attached hydrogens (tertiary/aromatic N) is 1. The maximum absolute atomic E-state index is 10.8. The van der Waals surface area contributed by atoms with Crippen molar-refractivity contribution >= 4 is 5.97 Å². The first-order valence-electron chi connectivity index (χ1n) is 5.69. The topological polar surface area (TPSA) is 59.0 Å². The van der Waals surface area contributed by atoms with Crippen LogP contribution in [0.15, 0.2) is 18.2 Å². The van der Waals surface area contributed by atoms with E-state index in [1.165, 1.54) is 0 Å². The van der Waals surface area contributed by atoms with Crippen LogP contribution in [0.5, 0.6) is 11.5 Å². The second-order valence-corrected chi connectivity index (χ2v) is 3.92. The number of benzene rings is 1. The minimum absolute atomic E-state index is 0.112. The standard InChI is InChI=1S/C14H17NO4/c1-4-7-15(10-14(16)17)9-11-5-6-12(18-2)8-13(11)19-3/h1,5-6,8H,7,9-10H2,2-3H3,(H,16,17). The largest absolute Gasteiger partial charge is 0.497 e. The zero-order valence-electron chi connectivity index (χ0n) is 11.0. The number of terminal acetylenes is 1. The Balaban J connectivity index is 2.89. The minimum Gasteiger partial charge on any atom is -0.497 e. The third kappa shape index (κ3) is 4.53. The molecule has 102 valence electrons. The molecule has 5 heteroatoms. The second kappa shape index (κ2) is 7.29. The predicted molar refractivity (Wildman–Crippen MR) is 71.3 cm³/mol. The van der Waals surface area contributed by atoms with Gasteiger partial charge in [-0.05, 0) is 6.07 Å². The SMILES string of the molecule is C#CCN(CC(=O)O)Cc1ccc(OC)cc1OC. The van der Waals surface area contributed by atoms with Crippen molar-refractivity contribution in [1.29, 1.82) is 0 Å². The molecule has 0 fully saturated rings. The van der Waals surface area contributed by atoms with Gasteiger partial charge in [-0.2, -0.15) is 0 Å². The van der Waals surface area contributed by atoms with Gasteiger partial charge in [0.1, 0.15) is 11.5 Å². The third-order valence-corrected chi connectivity index (χ3v) is 2.56. The molecule has 0 atom stereocenters. The Kier molecular flexibility index (Phi) is 5.71. The number of methoxy groups -OCH3 is 2. The minimum atomic E-state index is -0.914. The number of ether oxygens (including phenoxy) is 2. The van der Waals surface area contributed by atoms with Crippen LogP contribution in [-0.2, 0) is 11.3 Å². The molecule has 0 aromatic heterocycles. The highest BCUT2D eigenvalue weighted by Crippen LogP contribution is 2.25. The normalized spacial score (nSPS) is 10.0. The Morgan fingerprint density at radius 2 is 2.16 bits per heavy atom. The van der Waals surface area contributed by atoms with Crippen LogP contribution in [0.25, 0.3) is 0 Å². The van der Waals surface area contributed by atoms with Gasteiger partial charge in [0, 0.05) is 18.2 Å². The number of rotatable bonds is 7. The summed E-state index contributed by atoms with van der Waals surface area (Å²) in [5.74, 6) is 2.86. The highest BCUT2D eigenvalue weighted by Gasteiger charge is 2.12. The Hall–Kier alpha value is -2.19. The zero-order valence-corrected chi connectivity index (χ0v) is 11.0. The summed E-state index contributed by atoms with van der Waals surface area (Å²) in [6.07, 6.45) is 5.24. The number of carboxylic acid groups (broad SMARTS) is 1. The average Bonchev–Trinajstić information content (AvgIpc) is 2.38. The third-order valence-electron chi connectivity index (χ3n) is 2.56. The summed E-state index contributed by atoms with van der Waals surface area (Å²) < 4.78 is 10.4. The number of aliphatic carboxylic acids is 1. The van der Waals surface area contributed by atoms with Crippen molar-refractivity contribution in [2.45, 2.75) is 6.54 Å². The quantitative estimate of drug-likeness (QED) is 0.750. The molecule has 0 radical (unpaired) electrons. The lowest BCUT2D eigenvalue weighted by molar-refractivity contribution is -0.138. The van der Waals surface area contributed by atoms with Gasteiger partial charge in [-0.1, -0.05) is 12.0 Å². The van der Waals surface area contributed by atoms with Crippen LogP contribution in [0.2, 0.25) is 0 Å². The second-order valence-electron chi connectivity index (χ2n) is 3.92. The van der Waals surface area contributed by atoms with Gasteiger partial charge < -0.3 is 14.6 Å². The Morgan fingerprint density at radius 3 is 2.68 bits per heavy atom. The number of carboxylic acids is 1. The molecule has 0 saturated carbocycles. The van der Waals surface area contributed by atoms with E-state index in [0.717, 1.165) is 5.56 Å². The zero-order chi connectivity index (χ0) is 14.3. The summed E-state index contributed by atoms with van der Waals surface area (Å²) in [6, 6.07) is 5.39. The maximum Gasteiger partial charge on any atom is 0.317 e. The molecule has 5 nitrogen and oxygen atoms in total. The Bertz CT molecular complexity index is 479. The molecule has 0 saturated heterocycles. The molecule has 0 bridgehead atoms. The van der Waals surface area contributed by atoms with E-state index in [2.05, 4.69) is 5.92 Å². The Labute approximate surface area is 112 Å². The van der Waals surface area contributed by atoms with Crippen molar-refractivity contribution in [3.8, 4) is 23.8 Å². The molecule has 1 aromatic carbocycles. The van der Waals surface area contributed by atoms with Crippen molar-refractivity contribution in [2.75, 3.05) is 27.3 Å². The molecule has 0 amide bonds. The van der Waals surface area contributed by atoms with E-state index in [9.17, 15) is 4.79 Å². The van der Waals surface area contributed by atoms with Crippen LogP contribution in [0.4, 0.5) is 0 Å². The first kappa shape index (κ1) is 14.9. The van der Waals surface area contributed by atoms with E-state index >= 15 is 0 Å². The van der Waals surface area contributed by atoms with Crippen LogP contribution in [0, 0.1) is 12.3 Å². The van der Waals surface area contributed by atoms with Gasteiger partial charge in [-0.15, -0.1) is 6.42 Å². The fourth-order valence-electron chi connectivity index (χ4n) is 1.71. The van der Waals surface area contributed by atoms with Gasteiger partial charge in [0.2, 0.25) is 0 Å². The molecule has 0 aliphatic rings.